The molecule has 0 saturated heterocycles. The van der Waals surface area contributed by atoms with Crippen LogP contribution < -0.4 is 3.87 Å². The molecule has 7 heteroatoms. The standard InChI is InChI=1S/C7H12F3NOS2/c8-7(9,10)14-11(12)13-6-4-2-1-3-5-6/h6,11H,1-5H2. The minimum absolute atomic E-state index is 0.103. The highest BCUT2D eigenvalue weighted by atomic mass is 32.2. The molecule has 0 radical (unpaired) electrons. The van der Waals surface area contributed by atoms with Gasteiger partial charge in [-0.1, -0.05) is 19.3 Å². The Balaban J connectivity index is 2.21. The van der Waals surface area contributed by atoms with Gasteiger partial charge in [0.2, 0.25) is 11.9 Å². The van der Waals surface area contributed by atoms with Crippen molar-refractivity contribution < 1.29 is 17.0 Å². The first-order chi connectivity index (χ1) is 6.47. The first-order valence-electron chi connectivity index (χ1n) is 4.44. The van der Waals surface area contributed by atoms with Gasteiger partial charge in [0.15, 0.2) is 0 Å². The summed E-state index contributed by atoms with van der Waals surface area (Å²) in [6, 6.07) is 0. The largest absolute Gasteiger partial charge is 0.609 e. The van der Waals surface area contributed by atoms with E-state index in [0.29, 0.717) is 0 Å². The molecule has 84 valence electrons. The van der Waals surface area contributed by atoms with Crippen LogP contribution in [0.15, 0.2) is 0 Å². The maximum atomic E-state index is 11.8. The first-order valence-corrected chi connectivity index (χ1v) is 6.13. The van der Waals surface area contributed by atoms with Gasteiger partial charge in [0.25, 0.3) is 0 Å². The van der Waals surface area contributed by atoms with Crippen LogP contribution >= 0.6 is 23.9 Å². The summed E-state index contributed by atoms with van der Waals surface area (Å²) in [5.74, 6) is 0. The van der Waals surface area contributed by atoms with E-state index in [-0.39, 0.29) is 5.25 Å². The Morgan fingerprint density at radius 2 is 1.71 bits per heavy atom. The molecule has 1 unspecified atom stereocenters. The van der Waals surface area contributed by atoms with Gasteiger partial charge in [0.05, 0.1) is 17.2 Å². The summed E-state index contributed by atoms with van der Waals surface area (Å²) in [5, 5.41) is 11.0. The van der Waals surface area contributed by atoms with Crippen LogP contribution in [0.25, 0.3) is 0 Å². The van der Waals surface area contributed by atoms with E-state index in [9.17, 15) is 18.4 Å². The smallest absolute Gasteiger partial charge is 0.497 e. The molecule has 1 atom stereocenters. The summed E-state index contributed by atoms with van der Waals surface area (Å²) in [5.41, 5.74) is -4.43. The van der Waals surface area contributed by atoms with E-state index < -0.39 is 21.3 Å². The Kier molecular flexibility index (Phi) is 4.89. The first kappa shape index (κ1) is 12.5. The third-order valence-corrected chi connectivity index (χ3v) is 3.95. The second kappa shape index (κ2) is 5.48. The third kappa shape index (κ3) is 5.33. The molecule has 0 aromatic rings. The molecule has 0 aromatic heterocycles. The molecule has 1 saturated carbocycles. The lowest BCUT2D eigenvalue weighted by atomic mass is 10.0. The zero-order chi connectivity index (χ0) is 10.6. The van der Waals surface area contributed by atoms with E-state index in [0.717, 1.165) is 44.1 Å². The van der Waals surface area contributed by atoms with E-state index in [1.54, 1.807) is 0 Å². The van der Waals surface area contributed by atoms with E-state index in [1.165, 1.54) is 0 Å². The van der Waals surface area contributed by atoms with Gasteiger partial charge in [-0.3, -0.25) is 0 Å². The summed E-state index contributed by atoms with van der Waals surface area (Å²) >= 11 is 0.326. The molecule has 0 heterocycles. The van der Waals surface area contributed by atoms with Crippen LogP contribution in [0.4, 0.5) is 13.2 Å². The molecular weight excluding hydrogens is 235 g/mol. The quantitative estimate of drug-likeness (QED) is 0.613. The Labute approximate surface area is 89.4 Å². The van der Waals surface area contributed by atoms with Gasteiger partial charge < -0.3 is 5.21 Å². The van der Waals surface area contributed by atoms with Crippen LogP contribution in [-0.4, -0.2) is 10.8 Å². The minimum atomic E-state index is -4.43. The fourth-order valence-electron chi connectivity index (χ4n) is 1.44. The summed E-state index contributed by atoms with van der Waals surface area (Å²) in [6.07, 6.45) is 4.94. The Hall–Kier alpha value is 0.410. The van der Waals surface area contributed by atoms with E-state index in [4.69, 9.17) is 0 Å². The van der Waals surface area contributed by atoms with Crippen molar-refractivity contribution in [1.29, 1.82) is 0 Å². The van der Waals surface area contributed by atoms with Crippen molar-refractivity contribution in [2.24, 2.45) is 0 Å². The summed E-state index contributed by atoms with van der Waals surface area (Å²) in [6.45, 7) is 0. The molecule has 0 spiro atoms. The number of alkyl halides is 3. The van der Waals surface area contributed by atoms with Crippen molar-refractivity contribution in [3.8, 4) is 0 Å². The van der Waals surface area contributed by atoms with Crippen LogP contribution in [-0.2, 0) is 0 Å². The second-order valence-electron chi connectivity index (χ2n) is 3.18. The van der Waals surface area contributed by atoms with Crippen molar-refractivity contribution in [3.05, 3.63) is 5.21 Å². The van der Waals surface area contributed by atoms with Crippen LogP contribution in [0, 0.1) is 5.21 Å². The van der Waals surface area contributed by atoms with Crippen molar-refractivity contribution in [1.82, 2.24) is 0 Å². The van der Waals surface area contributed by atoms with Crippen LogP contribution in [0.2, 0.25) is 0 Å². The maximum Gasteiger partial charge on any atom is 0.497 e. The normalized spacial score (nSPS) is 22.3. The fraction of sp³-hybridized carbons (Fsp3) is 1.00. The van der Waals surface area contributed by atoms with Gasteiger partial charge in [0.1, 0.15) is 0 Å². The van der Waals surface area contributed by atoms with Gasteiger partial charge in [-0.25, -0.2) is 3.87 Å². The second-order valence-corrected chi connectivity index (χ2v) is 5.75. The molecule has 2 nitrogen and oxygen atoms in total. The monoisotopic (exact) mass is 247 g/mol. The third-order valence-electron chi connectivity index (χ3n) is 2.01. The number of hydrogen-bond donors (Lipinski definition) is 1. The molecule has 0 aliphatic heterocycles. The Morgan fingerprint density at radius 1 is 1.14 bits per heavy atom. The number of rotatable bonds is 3. The zero-order valence-corrected chi connectivity index (χ0v) is 9.10. The zero-order valence-electron chi connectivity index (χ0n) is 7.47. The lowest BCUT2D eigenvalue weighted by Gasteiger charge is -2.25. The lowest BCUT2D eigenvalue weighted by molar-refractivity contribution is -0.522. The van der Waals surface area contributed by atoms with Gasteiger partial charge in [-0.15, -0.1) is 0 Å². The average Bonchev–Trinajstić information content (AvgIpc) is 2.02. The molecule has 14 heavy (non-hydrogen) atoms. The van der Waals surface area contributed by atoms with Crippen LogP contribution in [0.5, 0.6) is 0 Å². The topological polar surface area (TPSA) is 27.5 Å². The molecule has 1 fully saturated rings. The SMILES string of the molecule is [O-][NH+](SC1CCCCC1)SC(F)(F)F. The van der Waals surface area contributed by atoms with Gasteiger partial charge in [-0.2, -0.15) is 13.2 Å². The van der Waals surface area contributed by atoms with E-state index in [2.05, 4.69) is 0 Å². The van der Waals surface area contributed by atoms with Crippen molar-refractivity contribution in [2.45, 2.75) is 42.9 Å². The molecule has 1 N–H and O–H groups in total. The summed E-state index contributed by atoms with van der Waals surface area (Å²) < 4.78 is 34.6. The lowest BCUT2D eigenvalue weighted by Crippen LogP contribution is -2.94. The molecular formula is C7H12F3NOS2. The van der Waals surface area contributed by atoms with Crippen molar-refractivity contribution >= 4 is 23.9 Å². The molecule has 0 amide bonds. The van der Waals surface area contributed by atoms with Crippen molar-refractivity contribution in [2.75, 3.05) is 0 Å². The average molecular weight is 247 g/mol. The fourth-order valence-corrected chi connectivity index (χ4v) is 3.35. The van der Waals surface area contributed by atoms with Gasteiger partial charge in [-0.05, 0) is 12.8 Å². The number of quaternary nitrogens is 1. The Morgan fingerprint density at radius 3 is 2.21 bits per heavy atom. The number of hydrogen-bond acceptors (Lipinski definition) is 3. The van der Waals surface area contributed by atoms with Gasteiger partial charge >= 0.3 is 5.51 Å². The van der Waals surface area contributed by atoms with Crippen molar-refractivity contribution in [3.63, 3.8) is 0 Å². The predicted molar refractivity (Wildman–Crippen MR) is 52.4 cm³/mol. The number of halogens is 3. The molecule has 0 bridgehead atoms. The molecule has 0 aromatic carbocycles. The molecule has 1 rings (SSSR count). The van der Waals surface area contributed by atoms with Crippen LogP contribution in [0.1, 0.15) is 32.1 Å². The van der Waals surface area contributed by atoms with Crippen LogP contribution in [0.3, 0.4) is 0 Å². The highest BCUT2D eigenvalue weighted by Gasteiger charge is 2.36. The highest BCUT2D eigenvalue weighted by Crippen LogP contribution is 2.29. The molecule has 1 aliphatic rings. The maximum absolute atomic E-state index is 11.8. The van der Waals surface area contributed by atoms with Gasteiger partial charge in [0, 0.05) is 0 Å². The van der Waals surface area contributed by atoms with E-state index >= 15 is 0 Å². The minimum Gasteiger partial charge on any atom is -0.609 e. The predicted octanol–water partition coefficient (Wildman–Crippen LogP) is 2.52. The highest BCUT2D eigenvalue weighted by molar-refractivity contribution is 8.05. The number of nitrogens with one attached hydrogen (secondary N) is 1. The van der Waals surface area contributed by atoms with E-state index in [1.807, 2.05) is 0 Å². The summed E-state index contributed by atoms with van der Waals surface area (Å²) in [4.78, 5) is 0. The Bertz CT molecular complexity index is 173. The summed E-state index contributed by atoms with van der Waals surface area (Å²) in [7, 11) is 0. The molecule has 1 aliphatic carbocycles.